The molecule has 0 amide bonds. The number of hydrogen-bond acceptors (Lipinski definition) is 4. The van der Waals surface area contributed by atoms with Crippen LogP contribution in [0.15, 0.2) is 23.2 Å². The number of nitrogens with zero attached hydrogens (tertiary/aromatic N) is 1. The third-order valence-electron chi connectivity index (χ3n) is 3.53. The number of halogens is 1. The fourth-order valence-electron chi connectivity index (χ4n) is 2.02. The van der Waals surface area contributed by atoms with Crippen LogP contribution in [0.2, 0.25) is 0 Å². The van der Waals surface area contributed by atoms with E-state index in [2.05, 4.69) is 19.2 Å². The van der Waals surface area contributed by atoms with Gasteiger partial charge in [0, 0.05) is 17.5 Å². The fourth-order valence-corrected chi connectivity index (χ4v) is 3.35. The molecule has 3 nitrogen and oxygen atoms in total. The lowest BCUT2D eigenvalue weighted by Gasteiger charge is -2.20. The maximum atomic E-state index is 13.3. The van der Waals surface area contributed by atoms with Gasteiger partial charge in [0.25, 0.3) is 0 Å². The van der Waals surface area contributed by atoms with Gasteiger partial charge >= 0.3 is 0 Å². The van der Waals surface area contributed by atoms with E-state index >= 15 is 0 Å². The number of nitrogens with one attached hydrogen (secondary N) is 1. The topological polar surface area (TPSA) is 33.6 Å². The molecule has 0 atom stereocenters. The fraction of sp³-hybridized carbons (Fsp3) is 0.500. The van der Waals surface area contributed by atoms with E-state index in [9.17, 15) is 4.39 Å². The summed E-state index contributed by atoms with van der Waals surface area (Å²) in [7, 11) is 1.46. The van der Waals surface area contributed by atoms with E-state index in [1.807, 2.05) is 0 Å². The second-order valence-corrected chi connectivity index (χ2v) is 5.58. The molecule has 0 bridgehead atoms. The summed E-state index contributed by atoms with van der Waals surface area (Å²) < 4.78 is 18.3. The quantitative estimate of drug-likeness (QED) is 0.909. The molecule has 1 aromatic rings. The molecular weight excluding hydrogens is 263 g/mol. The van der Waals surface area contributed by atoms with Gasteiger partial charge in [-0.3, -0.25) is 4.99 Å². The first kappa shape index (κ1) is 14.2. The Balaban J connectivity index is 2.14. The van der Waals surface area contributed by atoms with Gasteiger partial charge in [0.1, 0.15) is 0 Å². The molecule has 19 heavy (non-hydrogen) atoms. The van der Waals surface area contributed by atoms with Crippen molar-refractivity contribution in [1.82, 2.24) is 0 Å². The highest BCUT2D eigenvalue weighted by molar-refractivity contribution is 8.14. The number of methoxy groups -OCH3 is 1. The van der Waals surface area contributed by atoms with Crippen LogP contribution in [0.5, 0.6) is 5.75 Å². The van der Waals surface area contributed by atoms with Crippen molar-refractivity contribution < 1.29 is 9.13 Å². The molecule has 5 heteroatoms. The molecule has 0 saturated carbocycles. The summed E-state index contributed by atoms with van der Waals surface area (Å²) in [5.41, 5.74) is 0.851. The molecule has 1 heterocycles. The standard InChI is InChI=1S/C14H19FN2OS/c1-4-14(5-2)9-19-13(17-14)16-10-6-7-11(15)12(8-10)18-3/h6-8H,4-5,9H2,1-3H3,(H,16,17). The summed E-state index contributed by atoms with van der Waals surface area (Å²) in [4.78, 5) is 4.76. The number of hydrogen-bond donors (Lipinski definition) is 1. The maximum absolute atomic E-state index is 13.3. The summed E-state index contributed by atoms with van der Waals surface area (Å²) >= 11 is 1.72. The highest BCUT2D eigenvalue weighted by Crippen LogP contribution is 2.34. The van der Waals surface area contributed by atoms with Crippen molar-refractivity contribution in [3.63, 3.8) is 0 Å². The maximum Gasteiger partial charge on any atom is 0.165 e. The molecule has 0 saturated heterocycles. The average molecular weight is 282 g/mol. The van der Waals surface area contributed by atoms with Gasteiger partial charge < -0.3 is 10.1 Å². The summed E-state index contributed by atoms with van der Waals surface area (Å²) in [5, 5.41) is 4.13. The van der Waals surface area contributed by atoms with Crippen molar-refractivity contribution in [2.24, 2.45) is 4.99 Å². The van der Waals surface area contributed by atoms with Crippen LogP contribution < -0.4 is 10.1 Å². The lowest BCUT2D eigenvalue weighted by Crippen LogP contribution is -2.24. The van der Waals surface area contributed by atoms with Crippen LogP contribution in [0.3, 0.4) is 0 Å². The number of amidine groups is 1. The molecule has 0 spiro atoms. The second-order valence-electron chi connectivity index (χ2n) is 4.61. The average Bonchev–Trinajstić information content (AvgIpc) is 2.85. The number of ether oxygens (including phenoxy) is 1. The molecule has 1 aliphatic rings. The van der Waals surface area contributed by atoms with E-state index in [1.165, 1.54) is 13.2 Å². The van der Waals surface area contributed by atoms with Crippen LogP contribution in [0.1, 0.15) is 26.7 Å². The first-order chi connectivity index (χ1) is 9.12. The van der Waals surface area contributed by atoms with E-state index in [0.717, 1.165) is 29.4 Å². The molecule has 0 aromatic heterocycles. The molecule has 1 aromatic carbocycles. The van der Waals surface area contributed by atoms with Gasteiger partial charge in [0.05, 0.1) is 12.6 Å². The molecule has 2 rings (SSSR count). The van der Waals surface area contributed by atoms with Crippen LogP contribution in [-0.2, 0) is 0 Å². The zero-order chi connectivity index (χ0) is 13.9. The van der Waals surface area contributed by atoms with Crippen molar-refractivity contribution in [3.05, 3.63) is 24.0 Å². The first-order valence-electron chi connectivity index (χ1n) is 6.45. The molecule has 0 aliphatic carbocycles. The summed E-state index contributed by atoms with van der Waals surface area (Å²) in [6, 6.07) is 4.74. The van der Waals surface area contributed by atoms with Crippen LogP contribution in [-0.4, -0.2) is 23.6 Å². The van der Waals surface area contributed by atoms with Crippen molar-refractivity contribution >= 4 is 22.6 Å². The largest absolute Gasteiger partial charge is 0.494 e. The molecule has 104 valence electrons. The Morgan fingerprint density at radius 2 is 2.16 bits per heavy atom. The third-order valence-corrected chi connectivity index (χ3v) is 4.68. The highest BCUT2D eigenvalue weighted by atomic mass is 32.2. The smallest absolute Gasteiger partial charge is 0.165 e. The molecule has 0 radical (unpaired) electrons. The van der Waals surface area contributed by atoms with Crippen molar-refractivity contribution in [2.75, 3.05) is 18.2 Å². The minimum absolute atomic E-state index is 0.0527. The summed E-state index contributed by atoms with van der Waals surface area (Å²) in [5.74, 6) is 0.886. The molecule has 1 aliphatic heterocycles. The Morgan fingerprint density at radius 1 is 1.42 bits per heavy atom. The number of rotatable bonds is 4. The predicted octanol–water partition coefficient (Wildman–Crippen LogP) is 3.91. The van der Waals surface area contributed by atoms with E-state index in [-0.39, 0.29) is 17.1 Å². The number of anilines is 1. The highest BCUT2D eigenvalue weighted by Gasteiger charge is 2.32. The second kappa shape index (κ2) is 5.82. The molecule has 0 fully saturated rings. The molecular formula is C14H19FN2OS. The summed E-state index contributed by atoms with van der Waals surface area (Å²) in [6.07, 6.45) is 2.07. The van der Waals surface area contributed by atoms with E-state index in [0.29, 0.717) is 0 Å². The molecule has 0 unspecified atom stereocenters. The Bertz CT molecular complexity index is 486. The Morgan fingerprint density at radius 3 is 2.74 bits per heavy atom. The zero-order valence-corrected chi connectivity index (χ0v) is 12.3. The Labute approximate surface area is 117 Å². The van der Waals surface area contributed by atoms with Crippen molar-refractivity contribution in [2.45, 2.75) is 32.2 Å². The third kappa shape index (κ3) is 3.03. The van der Waals surface area contributed by atoms with Crippen LogP contribution >= 0.6 is 11.8 Å². The first-order valence-corrected chi connectivity index (χ1v) is 7.44. The van der Waals surface area contributed by atoms with Gasteiger partial charge in [-0.15, -0.1) is 0 Å². The van der Waals surface area contributed by atoms with Crippen molar-refractivity contribution in [1.29, 1.82) is 0 Å². The SMILES string of the molecule is CCC1(CC)CSC(Nc2ccc(F)c(OC)c2)=N1. The zero-order valence-electron chi connectivity index (χ0n) is 11.5. The van der Waals surface area contributed by atoms with E-state index in [1.54, 1.807) is 23.9 Å². The normalized spacial score (nSPS) is 17.2. The lowest BCUT2D eigenvalue weighted by molar-refractivity contribution is 0.387. The van der Waals surface area contributed by atoms with Gasteiger partial charge in [0.15, 0.2) is 16.7 Å². The number of benzene rings is 1. The minimum Gasteiger partial charge on any atom is -0.494 e. The van der Waals surface area contributed by atoms with Crippen LogP contribution in [0.4, 0.5) is 10.1 Å². The van der Waals surface area contributed by atoms with Gasteiger partial charge in [-0.25, -0.2) is 4.39 Å². The van der Waals surface area contributed by atoms with E-state index < -0.39 is 0 Å². The van der Waals surface area contributed by atoms with Gasteiger partial charge in [-0.1, -0.05) is 25.6 Å². The molecule has 1 N–H and O–H groups in total. The number of aliphatic imine (C=N–C) groups is 1. The predicted molar refractivity (Wildman–Crippen MR) is 79.8 cm³/mol. The van der Waals surface area contributed by atoms with Gasteiger partial charge in [-0.2, -0.15) is 0 Å². The van der Waals surface area contributed by atoms with Gasteiger partial charge in [0.2, 0.25) is 0 Å². The minimum atomic E-state index is -0.356. The van der Waals surface area contributed by atoms with E-state index in [4.69, 9.17) is 9.73 Å². The Kier molecular flexibility index (Phi) is 4.34. The Hall–Kier alpha value is -1.23. The lowest BCUT2D eigenvalue weighted by atomic mass is 9.97. The van der Waals surface area contributed by atoms with Crippen LogP contribution in [0.25, 0.3) is 0 Å². The van der Waals surface area contributed by atoms with Crippen LogP contribution in [0, 0.1) is 5.82 Å². The summed E-state index contributed by atoms with van der Waals surface area (Å²) in [6.45, 7) is 4.33. The monoisotopic (exact) mass is 282 g/mol. The van der Waals surface area contributed by atoms with Gasteiger partial charge in [-0.05, 0) is 25.0 Å². The van der Waals surface area contributed by atoms with Crippen molar-refractivity contribution in [3.8, 4) is 5.75 Å². The number of thioether (sulfide) groups is 1.